The molecule has 2 atom stereocenters. The fraction of sp³-hybridized carbons (Fsp3) is 0.286. The summed E-state index contributed by atoms with van der Waals surface area (Å²) in [7, 11) is 0. The average molecular weight is 306 g/mol. The largest absolute Gasteiger partial charge is 0.481 e. The SMILES string of the molecule is O=C(O)[C@H]1CC=CC[C@H]1c1nc(-c2ncccc2Cl)no1. The molecule has 0 unspecified atom stereocenters. The lowest BCUT2D eigenvalue weighted by atomic mass is 9.83. The normalized spacial score (nSPS) is 21.4. The van der Waals surface area contributed by atoms with Crippen molar-refractivity contribution in [2.75, 3.05) is 0 Å². The Morgan fingerprint density at radius 1 is 1.38 bits per heavy atom. The molecule has 1 aliphatic rings. The third-order valence-corrected chi connectivity index (χ3v) is 3.78. The molecule has 3 rings (SSSR count). The van der Waals surface area contributed by atoms with Crippen LogP contribution in [0, 0.1) is 5.92 Å². The van der Waals surface area contributed by atoms with E-state index in [0.29, 0.717) is 29.4 Å². The highest BCUT2D eigenvalue weighted by molar-refractivity contribution is 6.32. The molecule has 1 N–H and O–H groups in total. The first-order chi connectivity index (χ1) is 10.2. The van der Waals surface area contributed by atoms with E-state index >= 15 is 0 Å². The Bertz CT molecular complexity index is 698. The Morgan fingerprint density at radius 3 is 2.95 bits per heavy atom. The third kappa shape index (κ3) is 2.67. The van der Waals surface area contributed by atoms with Gasteiger partial charge in [0.2, 0.25) is 11.7 Å². The summed E-state index contributed by atoms with van der Waals surface area (Å²) >= 11 is 6.04. The molecule has 0 radical (unpaired) electrons. The monoisotopic (exact) mass is 305 g/mol. The van der Waals surface area contributed by atoms with E-state index in [1.807, 2.05) is 12.2 Å². The molecule has 2 aromatic rings. The smallest absolute Gasteiger partial charge is 0.307 e. The molecule has 0 spiro atoms. The number of halogens is 1. The van der Waals surface area contributed by atoms with Gasteiger partial charge in [0, 0.05) is 6.20 Å². The maximum atomic E-state index is 11.3. The van der Waals surface area contributed by atoms with Crippen molar-refractivity contribution in [1.82, 2.24) is 15.1 Å². The van der Waals surface area contributed by atoms with Crippen LogP contribution in [0.5, 0.6) is 0 Å². The molecule has 7 heteroatoms. The van der Waals surface area contributed by atoms with Crippen molar-refractivity contribution in [2.45, 2.75) is 18.8 Å². The summed E-state index contributed by atoms with van der Waals surface area (Å²) in [6.45, 7) is 0. The van der Waals surface area contributed by atoms with Gasteiger partial charge >= 0.3 is 5.97 Å². The van der Waals surface area contributed by atoms with Gasteiger partial charge in [-0.15, -0.1) is 0 Å². The molecule has 0 saturated carbocycles. The van der Waals surface area contributed by atoms with E-state index in [0.717, 1.165) is 0 Å². The van der Waals surface area contributed by atoms with Crippen LogP contribution in [-0.2, 0) is 4.79 Å². The van der Waals surface area contributed by atoms with Gasteiger partial charge in [-0.2, -0.15) is 4.98 Å². The van der Waals surface area contributed by atoms with Crippen molar-refractivity contribution in [1.29, 1.82) is 0 Å². The Morgan fingerprint density at radius 2 is 2.19 bits per heavy atom. The zero-order chi connectivity index (χ0) is 14.8. The predicted octanol–water partition coefficient (Wildman–Crippen LogP) is 2.92. The molecule has 108 valence electrons. The third-order valence-electron chi connectivity index (χ3n) is 3.48. The number of carboxylic acid groups (broad SMARTS) is 1. The predicted molar refractivity (Wildman–Crippen MR) is 74.8 cm³/mol. The van der Waals surface area contributed by atoms with Crippen LogP contribution in [0.1, 0.15) is 24.7 Å². The van der Waals surface area contributed by atoms with Crippen LogP contribution in [0.3, 0.4) is 0 Å². The number of aliphatic carboxylic acids is 1. The summed E-state index contributed by atoms with van der Waals surface area (Å²) in [5.74, 6) is -1.16. The van der Waals surface area contributed by atoms with Crippen LogP contribution in [0.2, 0.25) is 5.02 Å². The van der Waals surface area contributed by atoms with Gasteiger partial charge in [0.1, 0.15) is 5.69 Å². The minimum Gasteiger partial charge on any atom is -0.481 e. The summed E-state index contributed by atoms with van der Waals surface area (Å²) in [5, 5.41) is 13.6. The van der Waals surface area contributed by atoms with E-state index in [9.17, 15) is 9.90 Å². The van der Waals surface area contributed by atoms with E-state index < -0.39 is 11.9 Å². The fourth-order valence-electron chi connectivity index (χ4n) is 2.39. The topological polar surface area (TPSA) is 89.1 Å². The minimum atomic E-state index is -0.861. The number of nitrogens with zero attached hydrogens (tertiary/aromatic N) is 3. The highest BCUT2D eigenvalue weighted by atomic mass is 35.5. The number of pyridine rings is 1. The Labute approximate surface area is 125 Å². The van der Waals surface area contributed by atoms with Crippen LogP contribution in [0.25, 0.3) is 11.5 Å². The number of hydrogen-bond donors (Lipinski definition) is 1. The number of aromatic nitrogens is 3. The zero-order valence-corrected chi connectivity index (χ0v) is 11.7. The van der Waals surface area contributed by atoms with Crippen molar-refractivity contribution in [3.05, 3.63) is 41.4 Å². The molecule has 2 heterocycles. The van der Waals surface area contributed by atoms with Crippen molar-refractivity contribution < 1.29 is 14.4 Å². The molecule has 2 aromatic heterocycles. The lowest BCUT2D eigenvalue weighted by Crippen LogP contribution is -2.23. The lowest BCUT2D eigenvalue weighted by molar-refractivity contribution is -0.142. The number of hydrogen-bond acceptors (Lipinski definition) is 5. The lowest BCUT2D eigenvalue weighted by Gasteiger charge is -2.21. The second-order valence-corrected chi connectivity index (χ2v) is 5.19. The molecule has 0 saturated heterocycles. The van der Waals surface area contributed by atoms with Crippen LogP contribution >= 0.6 is 11.6 Å². The Kier molecular flexibility index (Phi) is 3.70. The van der Waals surface area contributed by atoms with E-state index in [4.69, 9.17) is 16.1 Å². The van der Waals surface area contributed by atoms with Gasteiger partial charge in [0.25, 0.3) is 0 Å². The van der Waals surface area contributed by atoms with Crippen LogP contribution in [0.4, 0.5) is 0 Å². The van der Waals surface area contributed by atoms with Gasteiger partial charge in [-0.05, 0) is 25.0 Å². The average Bonchev–Trinajstić information content (AvgIpc) is 2.97. The summed E-state index contributed by atoms with van der Waals surface area (Å²) in [5.41, 5.74) is 0.424. The second-order valence-electron chi connectivity index (χ2n) is 4.78. The standard InChI is InChI=1S/C14H12ClN3O3/c15-10-6-3-7-16-11(10)12-17-13(21-18-12)8-4-1-2-5-9(8)14(19)20/h1-3,6-9H,4-5H2,(H,19,20)/t8-,9+/m1/s1. The quantitative estimate of drug-likeness (QED) is 0.877. The van der Waals surface area contributed by atoms with Crippen molar-refractivity contribution in [2.24, 2.45) is 5.92 Å². The number of carbonyl (C=O) groups is 1. The molecule has 0 amide bonds. The summed E-state index contributed by atoms with van der Waals surface area (Å²) in [4.78, 5) is 19.7. The first-order valence-corrected chi connectivity index (χ1v) is 6.87. The van der Waals surface area contributed by atoms with Gasteiger partial charge in [0.05, 0.1) is 16.9 Å². The summed E-state index contributed by atoms with van der Waals surface area (Å²) < 4.78 is 5.24. The van der Waals surface area contributed by atoms with Gasteiger partial charge in [-0.3, -0.25) is 9.78 Å². The summed E-state index contributed by atoms with van der Waals surface area (Å²) in [6.07, 6.45) is 6.40. The molecule has 0 bridgehead atoms. The van der Waals surface area contributed by atoms with Crippen molar-refractivity contribution in [3.8, 4) is 11.5 Å². The zero-order valence-electron chi connectivity index (χ0n) is 10.9. The number of allylic oxidation sites excluding steroid dienone is 2. The van der Waals surface area contributed by atoms with Gasteiger partial charge in [-0.1, -0.05) is 28.9 Å². The van der Waals surface area contributed by atoms with Crippen molar-refractivity contribution in [3.63, 3.8) is 0 Å². The second kappa shape index (κ2) is 5.65. The van der Waals surface area contributed by atoms with Gasteiger partial charge in [-0.25, -0.2) is 0 Å². The maximum Gasteiger partial charge on any atom is 0.307 e. The van der Waals surface area contributed by atoms with E-state index in [-0.39, 0.29) is 11.7 Å². The molecule has 0 aromatic carbocycles. The van der Waals surface area contributed by atoms with Crippen molar-refractivity contribution >= 4 is 17.6 Å². The number of carboxylic acids is 1. The fourth-order valence-corrected chi connectivity index (χ4v) is 2.60. The van der Waals surface area contributed by atoms with Crippen LogP contribution in [-0.4, -0.2) is 26.2 Å². The molecule has 21 heavy (non-hydrogen) atoms. The molecule has 1 aliphatic carbocycles. The Balaban J connectivity index is 1.93. The molecular weight excluding hydrogens is 294 g/mol. The molecule has 0 fully saturated rings. The number of rotatable bonds is 3. The first kappa shape index (κ1) is 13.8. The minimum absolute atomic E-state index is 0.272. The van der Waals surface area contributed by atoms with E-state index in [2.05, 4.69) is 15.1 Å². The highest BCUT2D eigenvalue weighted by Gasteiger charge is 2.34. The first-order valence-electron chi connectivity index (χ1n) is 6.49. The molecule has 0 aliphatic heterocycles. The summed E-state index contributed by atoms with van der Waals surface area (Å²) in [6, 6.07) is 3.39. The van der Waals surface area contributed by atoms with E-state index in [1.165, 1.54) is 0 Å². The maximum absolute atomic E-state index is 11.3. The van der Waals surface area contributed by atoms with E-state index in [1.54, 1.807) is 18.3 Å². The van der Waals surface area contributed by atoms with Gasteiger partial charge < -0.3 is 9.63 Å². The van der Waals surface area contributed by atoms with Crippen LogP contribution in [0.15, 0.2) is 35.0 Å². The van der Waals surface area contributed by atoms with Gasteiger partial charge in [0.15, 0.2) is 0 Å². The van der Waals surface area contributed by atoms with Crippen LogP contribution < -0.4 is 0 Å². The highest BCUT2D eigenvalue weighted by Crippen LogP contribution is 2.35. The Hall–Kier alpha value is -2.21. The molecule has 6 nitrogen and oxygen atoms in total. The molecular formula is C14H12ClN3O3.